The zero-order chi connectivity index (χ0) is 8.31. The number of hydrogen-bond acceptors (Lipinski definition) is 1. The highest BCUT2D eigenvalue weighted by Crippen LogP contribution is 1.91. The molecule has 0 atom stereocenters. The van der Waals surface area contributed by atoms with Gasteiger partial charge in [0.25, 0.3) is 5.84 Å². The van der Waals surface area contributed by atoms with E-state index >= 15 is 0 Å². The molecule has 0 spiro atoms. The smallest absolute Gasteiger partial charge is 0.266 e. The molecule has 0 amide bonds. The molecule has 0 aliphatic heterocycles. The highest BCUT2D eigenvalue weighted by atomic mass is 32.1. The van der Waals surface area contributed by atoms with E-state index in [1.54, 1.807) is 0 Å². The van der Waals surface area contributed by atoms with Gasteiger partial charge in [0.1, 0.15) is 0 Å². The van der Waals surface area contributed by atoms with Crippen LogP contribution in [-0.4, -0.2) is 47.7 Å². The molecule has 10 heavy (non-hydrogen) atoms. The van der Waals surface area contributed by atoms with Crippen LogP contribution in [0.4, 0.5) is 0 Å². The predicted octanol–water partition coefficient (Wildman–Crippen LogP) is 0.476. The Morgan fingerprint density at radius 1 is 1.40 bits per heavy atom. The predicted molar refractivity (Wildman–Crippen MR) is 52.4 cm³/mol. The summed E-state index contributed by atoms with van der Waals surface area (Å²) >= 11 is 9.00. The molecule has 4 heteroatoms. The number of nitrogens with zero attached hydrogens (tertiary/aromatic N) is 2. The molecular formula is C6H13N2S2+. The number of rotatable bonds is 1. The minimum atomic E-state index is 0.620. The van der Waals surface area contributed by atoms with Gasteiger partial charge in [-0.1, -0.05) is 12.2 Å². The van der Waals surface area contributed by atoms with E-state index in [0.29, 0.717) is 4.20 Å². The highest BCUT2D eigenvalue weighted by molar-refractivity contribution is 8.13. The van der Waals surface area contributed by atoms with E-state index in [9.17, 15) is 0 Å². The minimum absolute atomic E-state index is 0.620. The summed E-state index contributed by atoms with van der Waals surface area (Å²) in [7, 11) is 7.77. The fraction of sp³-hybridized carbons (Fsp3) is 0.667. The average Bonchev–Trinajstić information content (AvgIpc) is 1.59. The van der Waals surface area contributed by atoms with E-state index in [0.717, 1.165) is 5.84 Å². The Balaban J connectivity index is 4.61. The van der Waals surface area contributed by atoms with Crippen LogP contribution in [0.15, 0.2) is 0 Å². The van der Waals surface area contributed by atoms with Crippen molar-refractivity contribution >= 4 is 34.9 Å². The lowest BCUT2D eigenvalue weighted by atomic mass is 10.6. The first-order valence-corrected chi connectivity index (χ1v) is 3.77. The Kier molecular flexibility index (Phi) is 3.89. The summed E-state index contributed by atoms with van der Waals surface area (Å²) in [6.45, 7) is 0. The van der Waals surface area contributed by atoms with Gasteiger partial charge in [-0.25, -0.2) is 0 Å². The molecule has 0 aromatic rings. The molecule has 58 valence electrons. The van der Waals surface area contributed by atoms with Crippen LogP contribution in [-0.2, 0) is 0 Å². The van der Waals surface area contributed by atoms with Gasteiger partial charge >= 0.3 is 0 Å². The normalized spacial score (nSPS) is 8.90. The van der Waals surface area contributed by atoms with Crippen LogP contribution in [0, 0.1) is 0 Å². The minimum Gasteiger partial charge on any atom is -0.266 e. The Morgan fingerprint density at radius 3 is 1.80 bits per heavy atom. The lowest BCUT2D eigenvalue weighted by Crippen LogP contribution is -2.33. The molecule has 0 N–H and O–H groups in total. The molecular weight excluding hydrogens is 164 g/mol. The van der Waals surface area contributed by atoms with Crippen LogP contribution in [0.1, 0.15) is 0 Å². The number of hydrogen-bond donors (Lipinski definition) is 1. The quantitative estimate of drug-likeness (QED) is 0.204. The van der Waals surface area contributed by atoms with Crippen LogP contribution in [0.5, 0.6) is 0 Å². The maximum absolute atomic E-state index is 4.91. The molecule has 0 aliphatic carbocycles. The van der Waals surface area contributed by atoms with Crippen molar-refractivity contribution < 1.29 is 4.58 Å². The maximum atomic E-state index is 4.91. The fourth-order valence-corrected chi connectivity index (χ4v) is 1.55. The van der Waals surface area contributed by atoms with Crippen molar-refractivity contribution in [2.24, 2.45) is 0 Å². The third-order valence-corrected chi connectivity index (χ3v) is 1.42. The Morgan fingerprint density at radius 2 is 1.80 bits per heavy atom. The lowest BCUT2D eigenvalue weighted by molar-refractivity contribution is -0.467. The molecule has 0 radical (unpaired) electrons. The molecule has 0 aromatic heterocycles. The van der Waals surface area contributed by atoms with Gasteiger partial charge in [-0.3, -0.25) is 9.48 Å². The summed E-state index contributed by atoms with van der Waals surface area (Å²) in [4.78, 5) is 1.94. The molecule has 0 heterocycles. The van der Waals surface area contributed by atoms with E-state index < -0.39 is 0 Å². The molecule has 0 fully saturated rings. The first kappa shape index (κ1) is 9.91. The maximum Gasteiger partial charge on any atom is 0.295 e. The van der Waals surface area contributed by atoms with Crippen molar-refractivity contribution in [2.75, 3.05) is 28.2 Å². The summed E-state index contributed by atoms with van der Waals surface area (Å²) in [5.74, 6) is 0.957. The van der Waals surface area contributed by atoms with Crippen LogP contribution >= 0.6 is 24.8 Å². The topological polar surface area (TPSA) is 6.25 Å². The first-order valence-electron chi connectivity index (χ1n) is 2.91. The zero-order valence-electron chi connectivity index (χ0n) is 6.75. The van der Waals surface area contributed by atoms with Crippen LogP contribution in [0.2, 0.25) is 0 Å². The zero-order valence-corrected chi connectivity index (χ0v) is 8.46. The molecule has 0 rings (SSSR count). The Hall–Kier alpha value is -0.0900. The number of thiocarbonyl (C=S) groups is 1. The van der Waals surface area contributed by atoms with Crippen LogP contribution < -0.4 is 0 Å². The molecule has 0 unspecified atom stereocenters. The van der Waals surface area contributed by atoms with Crippen LogP contribution in [0.3, 0.4) is 0 Å². The summed E-state index contributed by atoms with van der Waals surface area (Å²) in [5.41, 5.74) is 0. The first-order chi connectivity index (χ1) is 4.46. The van der Waals surface area contributed by atoms with Crippen LogP contribution in [0.25, 0.3) is 0 Å². The molecule has 0 saturated heterocycles. The Bertz CT molecular complexity index is 169. The number of amidine groups is 1. The Labute approximate surface area is 72.9 Å². The van der Waals surface area contributed by atoms with Gasteiger partial charge < -0.3 is 0 Å². The van der Waals surface area contributed by atoms with Crippen molar-refractivity contribution in [3.63, 3.8) is 0 Å². The second-order valence-corrected chi connectivity index (χ2v) is 3.58. The van der Waals surface area contributed by atoms with Gasteiger partial charge in [0.05, 0.1) is 28.2 Å². The summed E-state index contributed by atoms with van der Waals surface area (Å²) in [6, 6.07) is 0. The largest absolute Gasteiger partial charge is 0.295 e. The molecule has 2 nitrogen and oxygen atoms in total. The number of thiol groups is 1. The van der Waals surface area contributed by atoms with Crippen molar-refractivity contribution in [1.29, 1.82) is 0 Å². The van der Waals surface area contributed by atoms with Crippen molar-refractivity contribution in [1.82, 2.24) is 4.90 Å². The second kappa shape index (κ2) is 3.93. The summed E-state index contributed by atoms with van der Waals surface area (Å²) in [6.07, 6.45) is 0. The van der Waals surface area contributed by atoms with E-state index in [4.69, 9.17) is 12.2 Å². The van der Waals surface area contributed by atoms with Crippen molar-refractivity contribution in [3.05, 3.63) is 0 Å². The third-order valence-electron chi connectivity index (χ3n) is 1.04. The lowest BCUT2D eigenvalue weighted by Gasteiger charge is -2.08. The molecule has 0 bridgehead atoms. The van der Waals surface area contributed by atoms with Gasteiger partial charge in [0.2, 0.25) is 0 Å². The van der Waals surface area contributed by atoms with Gasteiger partial charge in [0, 0.05) is 0 Å². The molecule has 0 saturated carbocycles. The van der Waals surface area contributed by atoms with E-state index in [1.165, 1.54) is 0 Å². The summed E-state index contributed by atoms with van der Waals surface area (Å²) in [5, 5.41) is 0. The van der Waals surface area contributed by atoms with Gasteiger partial charge in [-0.2, -0.15) is 0 Å². The standard InChI is InChI=1S/C6H12N2S2/c1-7(2)5(6(9)10)8(3)4/h1-4H3/p+1. The third kappa shape index (κ3) is 2.66. The molecule has 0 aromatic carbocycles. The SMILES string of the molecule is CN(C)C(C(=S)S)=[N+](C)C. The monoisotopic (exact) mass is 177 g/mol. The average molecular weight is 177 g/mol. The van der Waals surface area contributed by atoms with Crippen molar-refractivity contribution in [3.8, 4) is 0 Å². The van der Waals surface area contributed by atoms with E-state index in [-0.39, 0.29) is 0 Å². The summed E-state index contributed by atoms with van der Waals surface area (Å²) < 4.78 is 2.56. The second-order valence-electron chi connectivity index (χ2n) is 2.42. The van der Waals surface area contributed by atoms with Gasteiger partial charge in [-0.05, 0) is 0 Å². The molecule has 0 aliphatic rings. The fourth-order valence-electron chi connectivity index (χ4n) is 0.783. The van der Waals surface area contributed by atoms with E-state index in [2.05, 4.69) is 12.6 Å². The van der Waals surface area contributed by atoms with Crippen molar-refractivity contribution in [2.45, 2.75) is 0 Å². The van der Waals surface area contributed by atoms with Gasteiger partial charge in [0.15, 0.2) is 4.20 Å². The van der Waals surface area contributed by atoms with Gasteiger partial charge in [-0.15, -0.1) is 12.6 Å². The highest BCUT2D eigenvalue weighted by Gasteiger charge is 2.13. The van der Waals surface area contributed by atoms with E-state index in [1.807, 2.05) is 37.7 Å².